The molecule has 32 heavy (non-hydrogen) atoms. The van der Waals surface area contributed by atoms with Gasteiger partial charge in [-0.1, -0.05) is 19.9 Å². The lowest BCUT2D eigenvalue weighted by molar-refractivity contribution is -0.124. The predicted octanol–water partition coefficient (Wildman–Crippen LogP) is 5.41. The number of rotatable bonds is 4. The fourth-order valence-electron chi connectivity index (χ4n) is 4.77. The summed E-state index contributed by atoms with van der Waals surface area (Å²) in [6.45, 7) is 8.39. The number of fused-ring (bicyclic) bond motifs is 2. The van der Waals surface area contributed by atoms with Crippen molar-refractivity contribution in [3.63, 3.8) is 0 Å². The van der Waals surface area contributed by atoms with E-state index in [1.165, 1.54) is 11.1 Å². The summed E-state index contributed by atoms with van der Waals surface area (Å²) in [4.78, 5) is 13.5. The summed E-state index contributed by atoms with van der Waals surface area (Å²) in [6, 6.07) is 7.65. The minimum Gasteiger partial charge on any atom is -0.496 e. The van der Waals surface area contributed by atoms with Gasteiger partial charge in [0.25, 0.3) is 0 Å². The van der Waals surface area contributed by atoms with Crippen molar-refractivity contribution >= 4 is 17.2 Å². The highest BCUT2D eigenvalue weighted by Gasteiger charge is 2.43. The SMILES string of the molecule is COc1cc(OC)c(C2Nc3cc(C)c(C)cc3NC3=CC(C)(C)CC(=O)C32)cc1OC. The molecule has 0 spiro atoms. The van der Waals surface area contributed by atoms with Crippen molar-refractivity contribution in [3.05, 3.63) is 52.7 Å². The van der Waals surface area contributed by atoms with Crippen molar-refractivity contribution < 1.29 is 19.0 Å². The standard InChI is InChI=1S/C26H32N2O4/c1-14-8-17-18(9-15(14)2)28-25(24-19(27-17)12-26(3,4)13-20(24)29)16-10-22(31-6)23(32-7)11-21(16)30-5/h8-12,24-25,27-28H,13H2,1-7H3. The summed E-state index contributed by atoms with van der Waals surface area (Å²) in [5.74, 6) is 1.62. The van der Waals surface area contributed by atoms with Gasteiger partial charge in [-0.15, -0.1) is 0 Å². The third kappa shape index (κ3) is 3.78. The number of Topliss-reactive ketones (excluding diaryl/α,β-unsaturated/α-hetero) is 1. The van der Waals surface area contributed by atoms with E-state index in [9.17, 15) is 4.79 Å². The van der Waals surface area contributed by atoms with Crippen LogP contribution in [0, 0.1) is 25.2 Å². The van der Waals surface area contributed by atoms with Crippen LogP contribution in [0.1, 0.15) is 43.0 Å². The van der Waals surface area contributed by atoms with Gasteiger partial charge in [0, 0.05) is 23.7 Å². The van der Waals surface area contributed by atoms with E-state index in [2.05, 4.69) is 56.5 Å². The molecular formula is C26H32N2O4. The van der Waals surface area contributed by atoms with E-state index >= 15 is 0 Å². The Balaban J connectivity index is 1.95. The van der Waals surface area contributed by atoms with Crippen molar-refractivity contribution in [3.8, 4) is 17.2 Å². The summed E-state index contributed by atoms with van der Waals surface area (Å²) in [5.41, 5.74) is 5.85. The highest BCUT2D eigenvalue weighted by molar-refractivity contribution is 5.90. The van der Waals surface area contributed by atoms with Crippen molar-refractivity contribution in [2.45, 2.75) is 40.2 Å². The van der Waals surface area contributed by atoms with Crippen LogP contribution in [-0.2, 0) is 4.79 Å². The molecule has 2 unspecified atom stereocenters. The number of aryl methyl sites for hydroxylation is 2. The number of ketones is 1. The Morgan fingerprint density at radius 2 is 1.47 bits per heavy atom. The molecule has 6 heteroatoms. The van der Waals surface area contributed by atoms with Gasteiger partial charge in [0.2, 0.25) is 0 Å². The number of carbonyl (C=O) groups excluding carboxylic acids is 1. The second-order valence-corrected chi connectivity index (χ2v) is 9.39. The van der Waals surface area contributed by atoms with E-state index in [1.54, 1.807) is 21.3 Å². The zero-order valence-electron chi connectivity index (χ0n) is 19.9. The molecule has 2 aromatic carbocycles. The minimum atomic E-state index is -0.386. The van der Waals surface area contributed by atoms with Gasteiger partial charge in [-0.25, -0.2) is 0 Å². The number of hydrogen-bond acceptors (Lipinski definition) is 6. The summed E-state index contributed by atoms with van der Waals surface area (Å²) in [7, 11) is 4.83. The van der Waals surface area contributed by atoms with E-state index in [1.807, 2.05) is 12.1 Å². The normalized spacial score (nSPS) is 21.2. The first-order chi connectivity index (χ1) is 15.2. The molecule has 2 N–H and O–H groups in total. The molecule has 2 aliphatic rings. The molecule has 0 fully saturated rings. The van der Waals surface area contributed by atoms with Gasteiger partial charge in [0.1, 0.15) is 11.5 Å². The van der Waals surface area contributed by atoms with Crippen LogP contribution in [0.2, 0.25) is 0 Å². The van der Waals surface area contributed by atoms with Crippen molar-refractivity contribution in [1.82, 2.24) is 0 Å². The van der Waals surface area contributed by atoms with Gasteiger partial charge in [-0.2, -0.15) is 0 Å². The Bertz CT molecular complexity index is 1100. The van der Waals surface area contributed by atoms with Crippen LogP contribution in [-0.4, -0.2) is 27.1 Å². The van der Waals surface area contributed by atoms with Crippen LogP contribution in [0.5, 0.6) is 17.2 Å². The zero-order chi connectivity index (χ0) is 23.2. The predicted molar refractivity (Wildman–Crippen MR) is 127 cm³/mol. The number of ether oxygens (including phenoxy) is 3. The molecular weight excluding hydrogens is 404 g/mol. The molecule has 1 aliphatic heterocycles. The molecule has 1 aliphatic carbocycles. The molecule has 2 atom stereocenters. The van der Waals surface area contributed by atoms with Gasteiger partial charge in [-0.3, -0.25) is 4.79 Å². The van der Waals surface area contributed by atoms with E-state index in [0.717, 1.165) is 22.6 Å². The summed E-state index contributed by atoms with van der Waals surface area (Å²) in [6.07, 6.45) is 2.68. The molecule has 0 bridgehead atoms. The van der Waals surface area contributed by atoms with Crippen LogP contribution >= 0.6 is 0 Å². The van der Waals surface area contributed by atoms with Gasteiger partial charge >= 0.3 is 0 Å². The largest absolute Gasteiger partial charge is 0.496 e. The number of carbonyl (C=O) groups is 1. The van der Waals surface area contributed by atoms with E-state index in [-0.39, 0.29) is 23.2 Å². The maximum absolute atomic E-state index is 13.5. The lowest BCUT2D eigenvalue weighted by Gasteiger charge is -2.36. The third-order valence-corrected chi connectivity index (χ3v) is 6.49. The molecule has 0 saturated carbocycles. The molecule has 2 aromatic rings. The first-order valence-electron chi connectivity index (χ1n) is 10.9. The summed E-state index contributed by atoms with van der Waals surface area (Å²) in [5, 5.41) is 7.25. The number of allylic oxidation sites excluding steroid dienone is 1. The molecule has 6 nitrogen and oxygen atoms in total. The van der Waals surface area contributed by atoms with Gasteiger partial charge < -0.3 is 24.8 Å². The van der Waals surface area contributed by atoms with Crippen LogP contribution in [0.15, 0.2) is 36.0 Å². The van der Waals surface area contributed by atoms with Crippen LogP contribution in [0.3, 0.4) is 0 Å². The maximum atomic E-state index is 13.5. The zero-order valence-corrected chi connectivity index (χ0v) is 19.9. The lowest BCUT2D eigenvalue weighted by atomic mass is 9.72. The Labute approximate surface area is 189 Å². The lowest BCUT2D eigenvalue weighted by Crippen LogP contribution is -2.36. The topological polar surface area (TPSA) is 68.8 Å². The number of hydrogen-bond donors (Lipinski definition) is 2. The van der Waals surface area contributed by atoms with Crippen LogP contribution in [0.4, 0.5) is 11.4 Å². The third-order valence-electron chi connectivity index (χ3n) is 6.49. The van der Waals surface area contributed by atoms with Crippen LogP contribution < -0.4 is 24.8 Å². The Morgan fingerprint density at radius 1 is 0.875 bits per heavy atom. The molecule has 1 heterocycles. The average Bonchev–Trinajstić information content (AvgIpc) is 2.88. The van der Waals surface area contributed by atoms with Crippen LogP contribution in [0.25, 0.3) is 0 Å². The number of anilines is 2. The highest BCUT2D eigenvalue weighted by atomic mass is 16.5. The molecule has 0 radical (unpaired) electrons. The fourth-order valence-corrected chi connectivity index (χ4v) is 4.77. The van der Waals surface area contributed by atoms with Gasteiger partial charge in [0.15, 0.2) is 11.5 Å². The second kappa shape index (κ2) is 8.08. The monoisotopic (exact) mass is 436 g/mol. The number of benzene rings is 2. The summed E-state index contributed by atoms with van der Waals surface area (Å²) < 4.78 is 16.8. The quantitative estimate of drug-likeness (QED) is 0.668. The molecule has 4 rings (SSSR count). The second-order valence-electron chi connectivity index (χ2n) is 9.39. The van der Waals surface area contributed by atoms with E-state index < -0.39 is 0 Å². The average molecular weight is 437 g/mol. The first kappa shape index (κ1) is 22.1. The molecule has 0 amide bonds. The molecule has 0 saturated heterocycles. The first-order valence-corrected chi connectivity index (χ1v) is 10.9. The molecule has 170 valence electrons. The maximum Gasteiger partial charge on any atom is 0.164 e. The number of nitrogens with one attached hydrogen (secondary N) is 2. The minimum absolute atomic E-state index is 0.190. The fraction of sp³-hybridized carbons (Fsp3) is 0.423. The van der Waals surface area contributed by atoms with E-state index in [0.29, 0.717) is 23.7 Å². The van der Waals surface area contributed by atoms with Gasteiger partial charge in [-0.05, 0) is 48.6 Å². The Hall–Kier alpha value is -3.15. The van der Waals surface area contributed by atoms with Crippen molar-refractivity contribution in [2.24, 2.45) is 11.3 Å². The Morgan fingerprint density at radius 3 is 2.09 bits per heavy atom. The number of methoxy groups -OCH3 is 3. The van der Waals surface area contributed by atoms with Crippen molar-refractivity contribution in [2.75, 3.05) is 32.0 Å². The van der Waals surface area contributed by atoms with Crippen molar-refractivity contribution in [1.29, 1.82) is 0 Å². The van der Waals surface area contributed by atoms with E-state index in [4.69, 9.17) is 14.2 Å². The summed E-state index contributed by atoms with van der Waals surface area (Å²) >= 11 is 0. The Kier molecular flexibility index (Phi) is 5.57. The highest BCUT2D eigenvalue weighted by Crippen LogP contribution is 2.49. The smallest absolute Gasteiger partial charge is 0.164 e. The molecule has 0 aromatic heterocycles. The van der Waals surface area contributed by atoms with Gasteiger partial charge in [0.05, 0.1) is 44.7 Å².